The quantitative estimate of drug-likeness (QED) is 0.122. The van der Waals surface area contributed by atoms with E-state index < -0.39 is 35.2 Å². The van der Waals surface area contributed by atoms with Crippen molar-refractivity contribution >= 4 is 23.4 Å². The Bertz CT molecular complexity index is 1930. The molecule has 6 rings (SSSR count). The SMILES string of the molecule is O=C(Nc1ccccn1)c1cccc(CN2C(=O)N(Cc3cccc([N+](=O)[O-])c3)[C@H](Cc3ccccc3)[C@H](O)[C@@H](O)[C@H]2Cc2ccccc2)c1. The molecule has 1 aliphatic rings. The number of hydrogen-bond donors (Lipinski definition) is 3. The van der Waals surface area contributed by atoms with E-state index in [2.05, 4.69) is 10.3 Å². The molecule has 254 valence electrons. The molecule has 0 spiro atoms. The normalized spacial score (nSPS) is 19.1. The Morgan fingerprint density at radius 3 is 1.76 bits per heavy atom. The van der Waals surface area contributed by atoms with Gasteiger partial charge in [-0.1, -0.05) is 91.0 Å². The number of urea groups is 1. The van der Waals surface area contributed by atoms with Crippen molar-refractivity contribution in [2.45, 2.75) is 50.2 Å². The van der Waals surface area contributed by atoms with Gasteiger partial charge in [-0.15, -0.1) is 0 Å². The van der Waals surface area contributed by atoms with Gasteiger partial charge in [0.05, 0.1) is 17.0 Å². The number of nitro benzene ring substituents is 1. The van der Waals surface area contributed by atoms with Crippen LogP contribution in [0.2, 0.25) is 0 Å². The first-order valence-corrected chi connectivity index (χ1v) is 16.3. The average Bonchev–Trinajstić information content (AvgIpc) is 3.20. The molecule has 1 aromatic heterocycles. The van der Waals surface area contributed by atoms with E-state index in [9.17, 15) is 29.9 Å². The van der Waals surface area contributed by atoms with E-state index in [-0.39, 0.29) is 37.5 Å². The molecule has 2 heterocycles. The second-order valence-corrected chi connectivity index (χ2v) is 12.3. The van der Waals surface area contributed by atoms with Crippen LogP contribution in [-0.4, -0.2) is 66.2 Å². The van der Waals surface area contributed by atoms with Crippen molar-refractivity contribution in [2.24, 2.45) is 0 Å². The molecular formula is C39H37N5O6. The van der Waals surface area contributed by atoms with Crippen LogP contribution in [0.4, 0.5) is 16.3 Å². The highest BCUT2D eigenvalue weighted by molar-refractivity contribution is 6.03. The molecule has 0 aliphatic carbocycles. The molecule has 0 bridgehead atoms. The van der Waals surface area contributed by atoms with Gasteiger partial charge in [-0.3, -0.25) is 14.9 Å². The topological polar surface area (TPSA) is 149 Å². The lowest BCUT2D eigenvalue weighted by molar-refractivity contribution is -0.384. The van der Waals surface area contributed by atoms with Gasteiger partial charge in [0.2, 0.25) is 0 Å². The second kappa shape index (κ2) is 15.5. The number of benzene rings is 4. The van der Waals surface area contributed by atoms with E-state index in [1.54, 1.807) is 65.7 Å². The Morgan fingerprint density at radius 2 is 1.22 bits per heavy atom. The number of amides is 3. The smallest absolute Gasteiger partial charge is 0.321 e. The highest BCUT2D eigenvalue weighted by atomic mass is 16.6. The van der Waals surface area contributed by atoms with E-state index in [1.807, 2.05) is 60.7 Å². The standard InChI is InChI=1S/C39H37N5O6/c45-36-33(23-27-11-3-1-4-12-27)42(25-29-15-9-17-31(21-29)38(47)41-35-19-7-8-20-40-35)39(48)43(26-30-16-10-18-32(22-30)44(49)50)34(37(36)46)24-28-13-5-2-6-14-28/h1-22,33-34,36-37,45-46H,23-26H2,(H,40,41,47)/t33-,34-,36+,37+/m1/s1. The Labute approximate surface area is 289 Å². The number of aromatic nitrogens is 1. The molecule has 5 aromatic rings. The Balaban J connectivity index is 1.40. The Kier molecular flexibility index (Phi) is 10.6. The Hall–Kier alpha value is -5.91. The molecule has 11 nitrogen and oxygen atoms in total. The molecule has 3 amide bonds. The third-order valence-electron chi connectivity index (χ3n) is 8.93. The van der Waals surface area contributed by atoms with Gasteiger partial charge in [0.25, 0.3) is 11.6 Å². The molecule has 1 saturated heterocycles. The molecule has 1 fully saturated rings. The summed E-state index contributed by atoms with van der Waals surface area (Å²) in [5.41, 5.74) is 3.07. The largest absolute Gasteiger partial charge is 0.388 e. The van der Waals surface area contributed by atoms with Crippen molar-refractivity contribution in [1.29, 1.82) is 0 Å². The summed E-state index contributed by atoms with van der Waals surface area (Å²) in [6.07, 6.45) is -0.679. The van der Waals surface area contributed by atoms with Gasteiger partial charge in [-0.25, -0.2) is 9.78 Å². The number of aliphatic hydroxyl groups is 2. The highest BCUT2D eigenvalue weighted by Gasteiger charge is 2.46. The molecule has 0 radical (unpaired) electrons. The van der Waals surface area contributed by atoms with E-state index in [0.717, 1.165) is 11.1 Å². The summed E-state index contributed by atoms with van der Waals surface area (Å²) in [4.78, 5) is 46.4. The van der Waals surface area contributed by atoms with Gasteiger partial charge >= 0.3 is 6.03 Å². The maximum atomic E-state index is 14.9. The zero-order valence-corrected chi connectivity index (χ0v) is 27.2. The molecule has 0 saturated carbocycles. The summed E-state index contributed by atoms with van der Waals surface area (Å²) in [6.45, 7) is -0.0445. The lowest BCUT2D eigenvalue weighted by atomic mass is 9.91. The lowest BCUT2D eigenvalue weighted by Crippen LogP contribution is -2.50. The first-order valence-electron chi connectivity index (χ1n) is 16.3. The van der Waals surface area contributed by atoms with Gasteiger partial charge < -0.3 is 25.3 Å². The lowest BCUT2D eigenvalue weighted by Gasteiger charge is -2.36. The van der Waals surface area contributed by atoms with E-state index in [0.29, 0.717) is 22.5 Å². The van der Waals surface area contributed by atoms with Crippen LogP contribution in [0.5, 0.6) is 0 Å². The van der Waals surface area contributed by atoms with Crippen molar-refractivity contribution in [1.82, 2.24) is 14.8 Å². The number of nitrogens with zero attached hydrogens (tertiary/aromatic N) is 4. The fraction of sp³-hybridized carbons (Fsp3) is 0.205. The molecule has 4 aromatic carbocycles. The zero-order valence-electron chi connectivity index (χ0n) is 27.2. The van der Waals surface area contributed by atoms with Crippen molar-refractivity contribution < 1.29 is 24.7 Å². The summed E-state index contributed by atoms with van der Waals surface area (Å²) in [6, 6.07) is 34.7. The van der Waals surface area contributed by atoms with Crippen LogP contribution in [0.15, 0.2) is 134 Å². The number of anilines is 1. The summed E-state index contributed by atoms with van der Waals surface area (Å²) in [5, 5.41) is 38.3. The van der Waals surface area contributed by atoms with Gasteiger partial charge in [-0.2, -0.15) is 0 Å². The minimum Gasteiger partial charge on any atom is -0.388 e. The highest BCUT2D eigenvalue weighted by Crippen LogP contribution is 2.30. The van der Waals surface area contributed by atoms with Gasteiger partial charge in [0.15, 0.2) is 0 Å². The van der Waals surface area contributed by atoms with Crippen LogP contribution in [0.3, 0.4) is 0 Å². The number of nitro groups is 1. The molecule has 1 aliphatic heterocycles. The van der Waals surface area contributed by atoms with Crippen molar-refractivity contribution in [3.05, 3.63) is 172 Å². The van der Waals surface area contributed by atoms with Crippen molar-refractivity contribution in [2.75, 3.05) is 5.32 Å². The van der Waals surface area contributed by atoms with Gasteiger partial charge in [0, 0.05) is 37.0 Å². The summed E-state index contributed by atoms with van der Waals surface area (Å²) in [5.74, 6) is 0.0196. The van der Waals surface area contributed by atoms with Crippen molar-refractivity contribution in [3.8, 4) is 0 Å². The van der Waals surface area contributed by atoms with Crippen LogP contribution in [0.25, 0.3) is 0 Å². The summed E-state index contributed by atoms with van der Waals surface area (Å²) < 4.78 is 0. The Morgan fingerprint density at radius 1 is 0.700 bits per heavy atom. The van der Waals surface area contributed by atoms with Crippen LogP contribution in [0.1, 0.15) is 32.6 Å². The maximum Gasteiger partial charge on any atom is 0.321 e. The number of pyridine rings is 1. The maximum absolute atomic E-state index is 14.9. The third-order valence-corrected chi connectivity index (χ3v) is 8.93. The van der Waals surface area contributed by atoms with Crippen LogP contribution >= 0.6 is 0 Å². The van der Waals surface area contributed by atoms with E-state index in [1.165, 1.54) is 17.0 Å². The summed E-state index contributed by atoms with van der Waals surface area (Å²) in [7, 11) is 0. The van der Waals surface area contributed by atoms with E-state index in [4.69, 9.17) is 0 Å². The molecule has 0 unspecified atom stereocenters. The van der Waals surface area contributed by atoms with Gasteiger partial charge in [-0.05, 0) is 59.4 Å². The minimum absolute atomic E-state index is 0.00825. The van der Waals surface area contributed by atoms with Crippen LogP contribution < -0.4 is 5.32 Å². The zero-order chi connectivity index (χ0) is 35.0. The summed E-state index contributed by atoms with van der Waals surface area (Å²) >= 11 is 0. The molecule has 11 heteroatoms. The van der Waals surface area contributed by atoms with Crippen molar-refractivity contribution in [3.63, 3.8) is 0 Å². The first-order chi connectivity index (χ1) is 24.3. The molecule has 4 atom stereocenters. The number of aliphatic hydroxyl groups excluding tert-OH is 2. The molecule has 50 heavy (non-hydrogen) atoms. The monoisotopic (exact) mass is 671 g/mol. The van der Waals surface area contributed by atoms with Crippen LogP contribution in [-0.2, 0) is 25.9 Å². The number of nitrogens with one attached hydrogen (secondary N) is 1. The number of rotatable bonds is 11. The number of non-ortho nitro benzene ring substituents is 1. The number of carbonyl (C=O) groups is 2. The fourth-order valence-electron chi connectivity index (χ4n) is 6.41. The van der Waals surface area contributed by atoms with E-state index >= 15 is 0 Å². The van der Waals surface area contributed by atoms with Gasteiger partial charge in [0.1, 0.15) is 18.0 Å². The first kappa shape index (κ1) is 34.0. The average molecular weight is 672 g/mol. The predicted molar refractivity (Wildman–Crippen MR) is 188 cm³/mol. The second-order valence-electron chi connectivity index (χ2n) is 12.3. The molecule has 3 N–H and O–H groups in total. The third kappa shape index (κ3) is 8.03. The molecular weight excluding hydrogens is 634 g/mol. The predicted octanol–water partition coefficient (Wildman–Crippen LogP) is 5.62. The number of carbonyl (C=O) groups excluding carboxylic acids is 2. The minimum atomic E-state index is -1.37. The number of hydrogen-bond acceptors (Lipinski definition) is 7. The fourth-order valence-corrected chi connectivity index (χ4v) is 6.41. The van der Waals surface area contributed by atoms with Crippen LogP contribution in [0, 0.1) is 10.1 Å².